The maximum Gasteiger partial charge on any atom is 0.193 e. The summed E-state index contributed by atoms with van der Waals surface area (Å²) in [4.78, 5) is 23.9. The lowest BCUT2D eigenvalue weighted by Crippen LogP contribution is -2.00. The normalized spacial score (nSPS) is 10.1. The molecule has 6 N–H and O–H groups in total. The molecular weight excluding hydrogens is 440 g/mol. The number of aromatic hydroxyl groups is 6. The SMILES string of the molecule is O=C(c1ccc(O)cc1)c1ccc(O)c(O)c1.O=C(c1cccc(O)c1)c1ccc(O)c(O)c1. The predicted molar refractivity (Wildman–Crippen MR) is 123 cm³/mol. The Kier molecular flexibility index (Phi) is 7.03. The van der Waals surface area contributed by atoms with Gasteiger partial charge in [-0.15, -0.1) is 0 Å². The van der Waals surface area contributed by atoms with Crippen LogP contribution in [0, 0.1) is 0 Å². The Morgan fingerprint density at radius 1 is 0.412 bits per heavy atom. The smallest absolute Gasteiger partial charge is 0.193 e. The molecule has 4 aromatic rings. The van der Waals surface area contributed by atoms with E-state index in [4.69, 9.17) is 15.3 Å². The molecule has 0 atom stereocenters. The van der Waals surface area contributed by atoms with Crippen LogP contribution in [0.2, 0.25) is 0 Å². The second kappa shape index (κ2) is 10.1. The lowest BCUT2D eigenvalue weighted by atomic mass is 10.0. The van der Waals surface area contributed by atoms with Gasteiger partial charge in [-0.05, 0) is 72.8 Å². The Bertz CT molecular complexity index is 1340. The molecule has 0 aliphatic heterocycles. The largest absolute Gasteiger partial charge is 0.508 e. The minimum absolute atomic E-state index is 0.00106. The molecule has 0 radical (unpaired) electrons. The Balaban J connectivity index is 0.000000191. The number of benzene rings is 4. The molecule has 0 bridgehead atoms. The quantitative estimate of drug-likeness (QED) is 0.197. The van der Waals surface area contributed by atoms with Gasteiger partial charge in [-0.2, -0.15) is 0 Å². The third-order valence-corrected chi connectivity index (χ3v) is 4.71. The molecule has 0 unspecified atom stereocenters. The summed E-state index contributed by atoms with van der Waals surface area (Å²) in [6.07, 6.45) is 0. The molecule has 34 heavy (non-hydrogen) atoms. The summed E-state index contributed by atoms with van der Waals surface area (Å²) in [6, 6.07) is 19.4. The van der Waals surface area contributed by atoms with Crippen LogP contribution in [0.4, 0.5) is 0 Å². The Morgan fingerprint density at radius 3 is 1.32 bits per heavy atom. The summed E-state index contributed by atoms with van der Waals surface area (Å²) in [5, 5.41) is 55.2. The summed E-state index contributed by atoms with van der Waals surface area (Å²) in [7, 11) is 0. The van der Waals surface area contributed by atoms with E-state index in [1.807, 2.05) is 0 Å². The highest BCUT2D eigenvalue weighted by molar-refractivity contribution is 6.10. The molecule has 0 saturated heterocycles. The van der Waals surface area contributed by atoms with E-state index in [-0.39, 0.29) is 57.2 Å². The molecule has 0 aliphatic carbocycles. The van der Waals surface area contributed by atoms with Gasteiger partial charge in [-0.1, -0.05) is 12.1 Å². The highest BCUT2D eigenvalue weighted by Gasteiger charge is 2.12. The number of phenols is 6. The summed E-state index contributed by atoms with van der Waals surface area (Å²) in [5.74, 6) is -1.79. The van der Waals surface area contributed by atoms with Crippen molar-refractivity contribution in [1.29, 1.82) is 0 Å². The third-order valence-electron chi connectivity index (χ3n) is 4.71. The minimum Gasteiger partial charge on any atom is -0.508 e. The van der Waals surface area contributed by atoms with Crippen molar-refractivity contribution in [2.75, 3.05) is 0 Å². The number of carbonyl (C=O) groups is 2. The average Bonchev–Trinajstić information content (AvgIpc) is 2.82. The Hall–Kier alpha value is -4.98. The van der Waals surface area contributed by atoms with Crippen LogP contribution >= 0.6 is 0 Å². The Morgan fingerprint density at radius 2 is 0.853 bits per heavy atom. The number of ketones is 2. The van der Waals surface area contributed by atoms with Crippen LogP contribution in [0.3, 0.4) is 0 Å². The van der Waals surface area contributed by atoms with Crippen LogP contribution in [-0.2, 0) is 0 Å². The van der Waals surface area contributed by atoms with Gasteiger partial charge in [0.15, 0.2) is 34.6 Å². The molecule has 0 heterocycles. The summed E-state index contributed by atoms with van der Waals surface area (Å²) >= 11 is 0. The van der Waals surface area contributed by atoms with E-state index in [2.05, 4.69) is 0 Å². The molecule has 0 spiro atoms. The minimum atomic E-state index is -0.351. The van der Waals surface area contributed by atoms with Crippen LogP contribution in [0.25, 0.3) is 0 Å². The lowest BCUT2D eigenvalue weighted by Gasteiger charge is -2.03. The van der Waals surface area contributed by atoms with Gasteiger partial charge in [-0.3, -0.25) is 9.59 Å². The maximum absolute atomic E-state index is 12.0. The average molecular weight is 460 g/mol. The maximum atomic E-state index is 12.0. The first-order chi connectivity index (χ1) is 16.2. The van der Waals surface area contributed by atoms with Gasteiger partial charge in [0.25, 0.3) is 0 Å². The number of hydrogen-bond acceptors (Lipinski definition) is 8. The van der Waals surface area contributed by atoms with Crippen LogP contribution in [0.1, 0.15) is 31.8 Å². The van der Waals surface area contributed by atoms with E-state index < -0.39 is 0 Å². The number of rotatable bonds is 4. The van der Waals surface area contributed by atoms with Crippen molar-refractivity contribution in [3.63, 3.8) is 0 Å². The van der Waals surface area contributed by atoms with Crippen molar-refractivity contribution < 1.29 is 40.2 Å². The molecule has 0 fully saturated rings. The van der Waals surface area contributed by atoms with E-state index in [1.165, 1.54) is 72.8 Å². The van der Waals surface area contributed by atoms with Gasteiger partial charge in [0, 0.05) is 22.3 Å². The molecule has 172 valence electrons. The predicted octanol–water partition coefficient (Wildman–Crippen LogP) is 4.07. The van der Waals surface area contributed by atoms with E-state index in [1.54, 1.807) is 12.1 Å². The fraction of sp³-hybridized carbons (Fsp3) is 0. The molecular formula is C26H20O8. The highest BCUT2D eigenvalue weighted by atomic mass is 16.3. The first kappa shape index (κ1) is 23.7. The van der Waals surface area contributed by atoms with E-state index in [9.17, 15) is 24.9 Å². The van der Waals surface area contributed by atoms with Crippen molar-refractivity contribution >= 4 is 11.6 Å². The van der Waals surface area contributed by atoms with Crippen LogP contribution in [0.5, 0.6) is 34.5 Å². The first-order valence-corrected chi connectivity index (χ1v) is 9.87. The van der Waals surface area contributed by atoms with Crippen molar-refractivity contribution in [3.8, 4) is 34.5 Å². The van der Waals surface area contributed by atoms with Crippen molar-refractivity contribution in [3.05, 3.63) is 107 Å². The zero-order valence-electron chi connectivity index (χ0n) is 17.6. The highest BCUT2D eigenvalue weighted by Crippen LogP contribution is 2.27. The number of phenolic OH excluding ortho intramolecular Hbond substituents is 6. The lowest BCUT2D eigenvalue weighted by molar-refractivity contribution is 0.103. The molecule has 0 aliphatic rings. The molecule has 0 amide bonds. The zero-order valence-corrected chi connectivity index (χ0v) is 17.6. The van der Waals surface area contributed by atoms with Crippen molar-refractivity contribution in [2.24, 2.45) is 0 Å². The molecule has 4 rings (SSSR count). The number of carbonyl (C=O) groups excluding carboxylic acids is 2. The van der Waals surface area contributed by atoms with Crippen molar-refractivity contribution in [1.82, 2.24) is 0 Å². The molecule has 8 nitrogen and oxygen atoms in total. The fourth-order valence-electron chi connectivity index (χ4n) is 2.92. The van der Waals surface area contributed by atoms with E-state index in [0.717, 1.165) is 0 Å². The van der Waals surface area contributed by atoms with Crippen molar-refractivity contribution in [2.45, 2.75) is 0 Å². The standard InChI is InChI=1S/2C13H10O4/c14-10-4-1-8(2-5-10)13(17)9-3-6-11(15)12(16)7-9;14-10-3-1-2-8(6-10)13(17)9-4-5-11(15)12(16)7-9/h2*1-7,14-16H. The van der Waals surface area contributed by atoms with Crippen LogP contribution in [0.15, 0.2) is 84.9 Å². The van der Waals surface area contributed by atoms with Gasteiger partial charge in [0.05, 0.1) is 0 Å². The van der Waals surface area contributed by atoms with Crippen LogP contribution < -0.4 is 0 Å². The molecule has 4 aromatic carbocycles. The summed E-state index contributed by atoms with van der Waals surface area (Å²) in [6.45, 7) is 0. The molecule has 0 aromatic heterocycles. The van der Waals surface area contributed by atoms with E-state index in [0.29, 0.717) is 11.1 Å². The monoisotopic (exact) mass is 460 g/mol. The van der Waals surface area contributed by atoms with Gasteiger partial charge >= 0.3 is 0 Å². The third kappa shape index (κ3) is 5.63. The second-order valence-electron chi connectivity index (χ2n) is 7.16. The van der Waals surface area contributed by atoms with Gasteiger partial charge in [0.1, 0.15) is 11.5 Å². The topological polar surface area (TPSA) is 156 Å². The Labute approximate surface area is 193 Å². The first-order valence-electron chi connectivity index (χ1n) is 9.87. The van der Waals surface area contributed by atoms with Crippen LogP contribution in [-0.4, -0.2) is 42.2 Å². The van der Waals surface area contributed by atoms with Gasteiger partial charge in [0.2, 0.25) is 0 Å². The molecule has 0 saturated carbocycles. The van der Waals surface area contributed by atoms with Gasteiger partial charge in [-0.25, -0.2) is 0 Å². The summed E-state index contributed by atoms with van der Waals surface area (Å²) in [5.41, 5.74) is 1.22. The molecule has 8 heteroatoms. The summed E-state index contributed by atoms with van der Waals surface area (Å²) < 4.78 is 0. The van der Waals surface area contributed by atoms with E-state index >= 15 is 0 Å². The van der Waals surface area contributed by atoms with Gasteiger partial charge < -0.3 is 30.6 Å². The zero-order chi connectivity index (χ0) is 24.8. The number of hydrogen-bond donors (Lipinski definition) is 6. The fourth-order valence-corrected chi connectivity index (χ4v) is 2.92. The second-order valence-corrected chi connectivity index (χ2v) is 7.16.